The second-order valence-electron chi connectivity index (χ2n) is 8.12. The van der Waals surface area contributed by atoms with Crippen LogP contribution in [0.1, 0.15) is 69.2 Å². The van der Waals surface area contributed by atoms with Crippen LogP contribution in [0.5, 0.6) is 0 Å². The average molecular weight is 405 g/mol. The minimum atomic E-state index is -1.23. The normalized spacial score (nSPS) is 25.6. The molecule has 2 rings (SSSR count). The van der Waals surface area contributed by atoms with Crippen molar-refractivity contribution in [1.82, 2.24) is 0 Å². The molecule has 0 aliphatic heterocycles. The fourth-order valence-corrected chi connectivity index (χ4v) is 3.92. The van der Waals surface area contributed by atoms with Gasteiger partial charge in [-0.05, 0) is 37.0 Å². The van der Waals surface area contributed by atoms with Gasteiger partial charge in [-0.2, -0.15) is 0 Å². The SMILES string of the molecule is CCCCCC(C)C(O)=C[C@]1(OC(=O)c2ccccc2)C[C@@H](CC(=O)O)[C@@H](O)C1. The van der Waals surface area contributed by atoms with E-state index in [1.165, 1.54) is 6.08 Å². The Hall–Kier alpha value is -2.34. The number of ether oxygens (including phenoxy) is 1. The predicted molar refractivity (Wildman–Crippen MR) is 110 cm³/mol. The Morgan fingerprint density at radius 2 is 1.90 bits per heavy atom. The maximum Gasteiger partial charge on any atom is 0.338 e. The van der Waals surface area contributed by atoms with Crippen molar-refractivity contribution in [3.05, 3.63) is 47.7 Å². The van der Waals surface area contributed by atoms with Crippen LogP contribution in [0.2, 0.25) is 0 Å². The number of benzene rings is 1. The van der Waals surface area contributed by atoms with Crippen LogP contribution in [0.15, 0.2) is 42.2 Å². The van der Waals surface area contributed by atoms with E-state index in [1.54, 1.807) is 30.3 Å². The van der Waals surface area contributed by atoms with Crippen LogP contribution in [-0.2, 0) is 9.53 Å². The molecule has 4 atom stereocenters. The summed E-state index contributed by atoms with van der Waals surface area (Å²) in [6.45, 7) is 4.02. The first-order valence-corrected chi connectivity index (χ1v) is 10.4. The van der Waals surface area contributed by atoms with Crippen molar-refractivity contribution in [1.29, 1.82) is 0 Å². The lowest BCUT2D eigenvalue weighted by Gasteiger charge is -2.27. The zero-order chi connectivity index (χ0) is 21.4. The number of aliphatic hydroxyl groups is 2. The molecule has 0 aromatic heterocycles. The van der Waals surface area contributed by atoms with Crippen molar-refractivity contribution in [2.75, 3.05) is 0 Å². The summed E-state index contributed by atoms with van der Waals surface area (Å²) >= 11 is 0. The average Bonchev–Trinajstić information content (AvgIpc) is 2.96. The first-order chi connectivity index (χ1) is 13.8. The van der Waals surface area contributed by atoms with Gasteiger partial charge in [0.2, 0.25) is 0 Å². The van der Waals surface area contributed by atoms with Crippen molar-refractivity contribution in [3.8, 4) is 0 Å². The molecule has 6 nitrogen and oxygen atoms in total. The molecule has 0 saturated heterocycles. The largest absolute Gasteiger partial charge is 0.512 e. The molecule has 0 amide bonds. The zero-order valence-electron chi connectivity index (χ0n) is 17.2. The van der Waals surface area contributed by atoms with Crippen LogP contribution in [0.25, 0.3) is 0 Å². The highest BCUT2D eigenvalue weighted by Crippen LogP contribution is 2.42. The molecule has 1 aliphatic rings. The maximum absolute atomic E-state index is 12.7. The van der Waals surface area contributed by atoms with Crippen LogP contribution < -0.4 is 0 Å². The molecule has 6 heteroatoms. The number of aliphatic hydroxyl groups excluding tert-OH is 2. The van der Waals surface area contributed by atoms with Crippen LogP contribution in [0.3, 0.4) is 0 Å². The van der Waals surface area contributed by atoms with Gasteiger partial charge < -0.3 is 20.1 Å². The topological polar surface area (TPSA) is 104 Å². The lowest BCUT2D eigenvalue weighted by molar-refractivity contribution is -0.138. The van der Waals surface area contributed by atoms with Gasteiger partial charge in [0.15, 0.2) is 0 Å². The van der Waals surface area contributed by atoms with Crippen molar-refractivity contribution < 1.29 is 29.6 Å². The molecule has 1 unspecified atom stereocenters. The van der Waals surface area contributed by atoms with E-state index in [4.69, 9.17) is 9.84 Å². The third kappa shape index (κ3) is 6.60. The van der Waals surface area contributed by atoms with Crippen molar-refractivity contribution in [2.24, 2.45) is 11.8 Å². The summed E-state index contributed by atoms with van der Waals surface area (Å²) in [5, 5.41) is 30.2. The highest BCUT2D eigenvalue weighted by molar-refractivity contribution is 5.89. The molecular weight excluding hydrogens is 372 g/mol. The Balaban J connectivity index is 2.24. The highest BCUT2D eigenvalue weighted by atomic mass is 16.6. The van der Waals surface area contributed by atoms with E-state index >= 15 is 0 Å². The Labute approximate surface area is 172 Å². The molecule has 1 aromatic carbocycles. The van der Waals surface area contributed by atoms with Gasteiger partial charge in [-0.1, -0.05) is 51.3 Å². The number of carbonyl (C=O) groups excluding carboxylic acids is 1. The predicted octanol–water partition coefficient (Wildman–Crippen LogP) is 4.49. The molecule has 1 saturated carbocycles. The first kappa shape index (κ1) is 22.9. The van der Waals surface area contributed by atoms with Gasteiger partial charge >= 0.3 is 11.9 Å². The molecule has 29 heavy (non-hydrogen) atoms. The van der Waals surface area contributed by atoms with Crippen molar-refractivity contribution in [3.63, 3.8) is 0 Å². The smallest absolute Gasteiger partial charge is 0.338 e. The first-order valence-electron chi connectivity index (χ1n) is 10.4. The molecule has 0 spiro atoms. The van der Waals surface area contributed by atoms with Crippen LogP contribution in [0.4, 0.5) is 0 Å². The molecule has 3 N–H and O–H groups in total. The van der Waals surface area contributed by atoms with E-state index in [2.05, 4.69) is 6.92 Å². The van der Waals surface area contributed by atoms with Crippen LogP contribution in [-0.4, -0.2) is 39.0 Å². The lowest BCUT2D eigenvalue weighted by atomic mass is 9.93. The second kappa shape index (κ2) is 10.4. The van der Waals surface area contributed by atoms with Gasteiger partial charge in [0.25, 0.3) is 0 Å². The van der Waals surface area contributed by atoms with Gasteiger partial charge in [0, 0.05) is 12.3 Å². The monoisotopic (exact) mass is 404 g/mol. The number of carbonyl (C=O) groups is 2. The summed E-state index contributed by atoms with van der Waals surface area (Å²) in [4.78, 5) is 23.8. The second-order valence-corrected chi connectivity index (χ2v) is 8.12. The summed E-state index contributed by atoms with van der Waals surface area (Å²) in [5.74, 6) is -2.11. The minimum Gasteiger partial charge on any atom is -0.512 e. The molecule has 1 aromatic rings. The van der Waals surface area contributed by atoms with Crippen molar-refractivity contribution in [2.45, 2.75) is 70.5 Å². The number of aliphatic carboxylic acids is 1. The van der Waals surface area contributed by atoms with Gasteiger partial charge in [0.1, 0.15) is 5.60 Å². The Morgan fingerprint density at radius 1 is 1.21 bits per heavy atom. The Morgan fingerprint density at radius 3 is 2.52 bits per heavy atom. The quantitative estimate of drug-likeness (QED) is 0.302. The van der Waals surface area contributed by atoms with Crippen molar-refractivity contribution >= 4 is 11.9 Å². The summed E-state index contributed by atoms with van der Waals surface area (Å²) in [7, 11) is 0. The number of carboxylic acids is 1. The van der Waals surface area contributed by atoms with Gasteiger partial charge in [0.05, 0.1) is 23.8 Å². The highest BCUT2D eigenvalue weighted by Gasteiger charge is 2.47. The van der Waals surface area contributed by atoms with E-state index < -0.39 is 29.6 Å². The summed E-state index contributed by atoms with van der Waals surface area (Å²) in [6, 6.07) is 8.50. The molecule has 0 heterocycles. The summed E-state index contributed by atoms with van der Waals surface area (Å²) in [5.41, 5.74) is -0.859. The molecule has 1 fully saturated rings. The van der Waals surface area contributed by atoms with Gasteiger partial charge in [-0.15, -0.1) is 0 Å². The molecule has 0 bridgehead atoms. The minimum absolute atomic E-state index is 0.0647. The number of carboxylic acid groups (broad SMARTS) is 1. The van der Waals surface area contributed by atoms with E-state index in [0.717, 1.165) is 25.7 Å². The number of unbranched alkanes of at least 4 members (excludes halogenated alkanes) is 2. The summed E-state index contributed by atoms with van der Waals surface area (Å²) < 4.78 is 5.79. The van der Waals surface area contributed by atoms with Crippen LogP contribution in [0, 0.1) is 11.8 Å². The van der Waals surface area contributed by atoms with E-state index in [1.807, 2.05) is 6.92 Å². The van der Waals surface area contributed by atoms with E-state index in [-0.39, 0.29) is 30.9 Å². The number of hydrogen-bond donors (Lipinski definition) is 3. The van der Waals surface area contributed by atoms with E-state index in [9.17, 15) is 19.8 Å². The fourth-order valence-electron chi connectivity index (χ4n) is 3.92. The zero-order valence-corrected chi connectivity index (χ0v) is 17.2. The standard InChI is InChI=1S/C23H32O6/c1-3-4-6-9-16(2)19(24)14-23(13-18(12-21(26)27)20(25)15-23)29-22(28)17-10-7-5-8-11-17/h5,7-8,10-11,14,16,18,20,24-25H,3-4,6,9,12-13,15H2,1-2H3,(H,26,27)/t16?,18-,20+,23-/m1/s1. The maximum atomic E-state index is 12.7. The number of hydrogen-bond acceptors (Lipinski definition) is 5. The van der Waals surface area contributed by atoms with Crippen LogP contribution >= 0.6 is 0 Å². The Bertz CT molecular complexity index is 713. The molecular formula is C23H32O6. The third-order valence-corrected chi connectivity index (χ3v) is 5.61. The molecule has 0 radical (unpaired) electrons. The lowest BCUT2D eigenvalue weighted by Crippen LogP contribution is -2.32. The van der Waals surface area contributed by atoms with Gasteiger partial charge in [-0.3, -0.25) is 4.79 Å². The number of rotatable bonds is 10. The third-order valence-electron chi connectivity index (χ3n) is 5.61. The fraction of sp³-hybridized carbons (Fsp3) is 0.565. The number of allylic oxidation sites excluding steroid dienone is 1. The number of esters is 1. The Kier molecular flexibility index (Phi) is 8.26. The van der Waals surface area contributed by atoms with E-state index in [0.29, 0.717) is 5.56 Å². The molecule has 160 valence electrons. The summed E-state index contributed by atoms with van der Waals surface area (Å²) in [6.07, 6.45) is 4.55. The van der Waals surface area contributed by atoms with Gasteiger partial charge in [-0.25, -0.2) is 4.79 Å². The molecule has 1 aliphatic carbocycles.